The van der Waals surface area contributed by atoms with E-state index in [2.05, 4.69) is 29.7 Å². The highest BCUT2D eigenvalue weighted by Crippen LogP contribution is 2.33. The minimum absolute atomic E-state index is 0.134. The molecular formula is C22H18Cl2N2O2S. The SMILES string of the molecule is CCc1ccc(N[C@H]2NC(=O)/C(=C\c3ccc(-c4ccc(Cl)c(Cl)c4)o3)S2)cc1. The van der Waals surface area contributed by atoms with Gasteiger partial charge in [0.15, 0.2) is 5.50 Å². The van der Waals surface area contributed by atoms with Crippen LogP contribution in [0.25, 0.3) is 17.4 Å². The lowest BCUT2D eigenvalue weighted by atomic mass is 10.1. The van der Waals surface area contributed by atoms with E-state index < -0.39 is 0 Å². The lowest BCUT2D eigenvalue weighted by Gasteiger charge is -2.12. The number of benzene rings is 2. The average Bonchev–Trinajstić information content (AvgIpc) is 3.32. The fraction of sp³-hybridized carbons (Fsp3) is 0.136. The first-order valence-corrected chi connectivity index (χ1v) is 10.8. The quantitative estimate of drug-likeness (QED) is 0.446. The largest absolute Gasteiger partial charge is 0.457 e. The van der Waals surface area contributed by atoms with Crippen molar-refractivity contribution in [1.29, 1.82) is 0 Å². The minimum Gasteiger partial charge on any atom is -0.457 e. The first-order chi connectivity index (χ1) is 14.0. The lowest BCUT2D eigenvalue weighted by molar-refractivity contribution is -0.116. The maximum absolute atomic E-state index is 12.3. The standard InChI is InChI=1S/C22H18Cl2N2O2S/c1-2-13-3-6-15(7-4-13)25-22-26-21(27)20(29-22)12-16-8-10-19(28-16)14-5-9-17(23)18(24)11-14/h3-12,22,25H,2H2,1H3,(H,26,27)/b20-12+/t22-/m0/s1. The van der Waals surface area contributed by atoms with E-state index in [1.165, 1.54) is 17.3 Å². The van der Waals surface area contributed by atoms with Crippen molar-refractivity contribution in [3.8, 4) is 11.3 Å². The molecule has 0 unspecified atom stereocenters. The number of hydrogen-bond acceptors (Lipinski definition) is 4. The van der Waals surface area contributed by atoms with Crippen molar-refractivity contribution in [1.82, 2.24) is 5.32 Å². The van der Waals surface area contributed by atoms with Crippen LogP contribution in [-0.4, -0.2) is 11.4 Å². The fourth-order valence-corrected chi connectivity index (χ4v) is 4.18. The third kappa shape index (κ3) is 4.64. The zero-order chi connectivity index (χ0) is 20.4. The summed E-state index contributed by atoms with van der Waals surface area (Å²) in [5, 5.41) is 7.19. The van der Waals surface area contributed by atoms with Crippen LogP contribution in [-0.2, 0) is 11.2 Å². The lowest BCUT2D eigenvalue weighted by Crippen LogP contribution is -2.30. The molecule has 0 spiro atoms. The summed E-state index contributed by atoms with van der Waals surface area (Å²) < 4.78 is 5.86. The number of halogens is 2. The first-order valence-electron chi connectivity index (χ1n) is 9.12. The number of aryl methyl sites for hydroxylation is 1. The summed E-state index contributed by atoms with van der Waals surface area (Å²) in [5.41, 5.74) is 2.82. The number of rotatable bonds is 5. The monoisotopic (exact) mass is 444 g/mol. The number of anilines is 1. The number of hydrogen-bond donors (Lipinski definition) is 2. The summed E-state index contributed by atoms with van der Waals surface area (Å²) in [7, 11) is 0. The predicted molar refractivity (Wildman–Crippen MR) is 121 cm³/mol. The Balaban J connectivity index is 1.46. The molecule has 4 nitrogen and oxygen atoms in total. The number of amides is 1. The Kier molecular flexibility index (Phi) is 5.90. The van der Waals surface area contributed by atoms with Crippen LogP contribution in [0.2, 0.25) is 10.0 Å². The number of thioether (sulfide) groups is 1. The van der Waals surface area contributed by atoms with Crippen molar-refractivity contribution in [3.63, 3.8) is 0 Å². The number of furan rings is 1. The molecule has 1 aromatic heterocycles. The molecule has 0 bridgehead atoms. The molecule has 0 radical (unpaired) electrons. The Morgan fingerprint density at radius 3 is 2.62 bits per heavy atom. The molecule has 3 aromatic rings. The Labute approximate surface area is 183 Å². The van der Waals surface area contributed by atoms with Crippen LogP contribution < -0.4 is 10.6 Å². The normalized spacial score (nSPS) is 17.6. The Bertz CT molecular complexity index is 1080. The molecule has 4 rings (SSSR count). The van der Waals surface area contributed by atoms with Crippen molar-refractivity contribution in [2.24, 2.45) is 0 Å². The highest BCUT2D eigenvalue weighted by molar-refractivity contribution is 8.05. The molecule has 1 amide bonds. The second-order valence-corrected chi connectivity index (χ2v) is 8.47. The minimum atomic E-state index is -0.231. The van der Waals surface area contributed by atoms with Gasteiger partial charge in [-0.15, -0.1) is 0 Å². The van der Waals surface area contributed by atoms with Crippen LogP contribution in [0, 0.1) is 0 Å². The van der Waals surface area contributed by atoms with Gasteiger partial charge < -0.3 is 15.1 Å². The Hall–Kier alpha value is -2.34. The zero-order valence-electron chi connectivity index (χ0n) is 15.5. The van der Waals surface area contributed by atoms with Crippen LogP contribution >= 0.6 is 35.0 Å². The van der Waals surface area contributed by atoms with Crippen molar-refractivity contribution < 1.29 is 9.21 Å². The summed E-state index contributed by atoms with van der Waals surface area (Å²) in [6.07, 6.45) is 2.73. The molecule has 1 saturated heterocycles. The van der Waals surface area contributed by atoms with Gasteiger partial charge in [0.1, 0.15) is 11.5 Å². The zero-order valence-corrected chi connectivity index (χ0v) is 17.9. The molecule has 1 aliphatic rings. The molecule has 7 heteroatoms. The van der Waals surface area contributed by atoms with E-state index in [0.717, 1.165) is 17.7 Å². The van der Waals surface area contributed by atoms with Gasteiger partial charge in [0.2, 0.25) is 0 Å². The van der Waals surface area contributed by atoms with Gasteiger partial charge in [-0.2, -0.15) is 0 Å². The molecule has 0 saturated carbocycles. The Morgan fingerprint density at radius 1 is 1.10 bits per heavy atom. The maximum atomic E-state index is 12.3. The van der Waals surface area contributed by atoms with Crippen molar-refractivity contribution >= 4 is 52.6 Å². The van der Waals surface area contributed by atoms with Crippen molar-refractivity contribution in [2.75, 3.05) is 5.32 Å². The van der Waals surface area contributed by atoms with E-state index in [0.29, 0.717) is 26.5 Å². The van der Waals surface area contributed by atoms with E-state index in [-0.39, 0.29) is 11.4 Å². The molecule has 29 heavy (non-hydrogen) atoms. The maximum Gasteiger partial charge on any atom is 0.260 e. The summed E-state index contributed by atoms with van der Waals surface area (Å²) in [5.74, 6) is 1.12. The van der Waals surface area contributed by atoms with Crippen LogP contribution in [0.1, 0.15) is 18.2 Å². The highest BCUT2D eigenvalue weighted by atomic mass is 35.5. The molecule has 0 aliphatic carbocycles. The summed E-state index contributed by atoms with van der Waals surface area (Å²) in [6, 6.07) is 17.2. The molecule has 1 fully saturated rings. The van der Waals surface area contributed by atoms with E-state index in [4.69, 9.17) is 27.6 Å². The number of carbonyl (C=O) groups excluding carboxylic acids is 1. The predicted octanol–water partition coefficient (Wildman–Crippen LogP) is 6.42. The molecule has 2 N–H and O–H groups in total. The van der Waals surface area contributed by atoms with Gasteiger partial charge in [0, 0.05) is 17.3 Å². The summed E-state index contributed by atoms with van der Waals surface area (Å²) >= 11 is 13.5. The van der Waals surface area contributed by atoms with Gasteiger partial charge in [-0.05, 0) is 54.4 Å². The van der Waals surface area contributed by atoms with Gasteiger partial charge in [-0.25, -0.2) is 0 Å². The molecule has 1 atom stereocenters. The topological polar surface area (TPSA) is 54.3 Å². The first kappa shape index (κ1) is 20.0. The van der Waals surface area contributed by atoms with E-state index in [1.807, 2.05) is 30.3 Å². The molecule has 2 heterocycles. The smallest absolute Gasteiger partial charge is 0.260 e. The van der Waals surface area contributed by atoms with Gasteiger partial charge in [0.25, 0.3) is 5.91 Å². The molecular weight excluding hydrogens is 427 g/mol. The average molecular weight is 445 g/mol. The third-order valence-corrected chi connectivity index (χ3v) is 6.26. The molecule has 148 valence electrons. The van der Waals surface area contributed by atoms with Crippen LogP contribution in [0.3, 0.4) is 0 Å². The van der Waals surface area contributed by atoms with Gasteiger partial charge in [0.05, 0.1) is 15.0 Å². The van der Waals surface area contributed by atoms with E-state index in [1.54, 1.807) is 18.2 Å². The number of carbonyl (C=O) groups is 1. The third-order valence-electron chi connectivity index (χ3n) is 4.49. The number of nitrogens with one attached hydrogen (secondary N) is 2. The van der Waals surface area contributed by atoms with Crippen LogP contribution in [0.15, 0.2) is 63.9 Å². The fourth-order valence-electron chi connectivity index (χ4n) is 2.92. The van der Waals surface area contributed by atoms with Crippen molar-refractivity contribution in [3.05, 3.63) is 80.9 Å². The summed E-state index contributed by atoms with van der Waals surface area (Å²) in [4.78, 5) is 12.9. The second kappa shape index (κ2) is 8.57. The van der Waals surface area contributed by atoms with Gasteiger partial charge >= 0.3 is 0 Å². The van der Waals surface area contributed by atoms with E-state index in [9.17, 15) is 4.79 Å². The Morgan fingerprint density at radius 2 is 1.90 bits per heavy atom. The second-order valence-electron chi connectivity index (χ2n) is 6.51. The summed E-state index contributed by atoms with van der Waals surface area (Å²) in [6.45, 7) is 2.12. The molecule has 2 aromatic carbocycles. The van der Waals surface area contributed by atoms with Crippen LogP contribution in [0.4, 0.5) is 5.69 Å². The van der Waals surface area contributed by atoms with Crippen molar-refractivity contribution in [2.45, 2.75) is 18.8 Å². The van der Waals surface area contributed by atoms with Gasteiger partial charge in [-0.1, -0.05) is 54.0 Å². The van der Waals surface area contributed by atoms with Gasteiger partial charge in [-0.3, -0.25) is 4.79 Å². The van der Waals surface area contributed by atoms with Crippen LogP contribution in [0.5, 0.6) is 0 Å². The highest BCUT2D eigenvalue weighted by Gasteiger charge is 2.27. The molecule has 1 aliphatic heterocycles. The van der Waals surface area contributed by atoms with E-state index >= 15 is 0 Å².